The Morgan fingerprint density at radius 3 is 2.95 bits per heavy atom. The van der Waals surface area contributed by atoms with Crippen LogP contribution in [0.3, 0.4) is 0 Å². The summed E-state index contributed by atoms with van der Waals surface area (Å²) in [5.74, 6) is 0. The third-order valence-corrected chi connectivity index (χ3v) is 5.01. The summed E-state index contributed by atoms with van der Waals surface area (Å²) in [6, 6.07) is 4.75. The molecule has 2 aromatic rings. The van der Waals surface area contributed by atoms with Crippen molar-refractivity contribution in [3.05, 3.63) is 23.9 Å². The van der Waals surface area contributed by atoms with Gasteiger partial charge in [-0.15, -0.1) is 5.10 Å². The second-order valence-electron chi connectivity index (χ2n) is 5.35. The summed E-state index contributed by atoms with van der Waals surface area (Å²) in [6.07, 6.45) is 6.68. The molecule has 1 N–H and O–H groups in total. The van der Waals surface area contributed by atoms with Crippen LogP contribution in [0.5, 0.6) is 0 Å². The highest BCUT2D eigenvalue weighted by Crippen LogP contribution is 2.35. The molecule has 0 saturated heterocycles. The predicted molar refractivity (Wildman–Crippen MR) is 81.2 cm³/mol. The molecule has 112 valence electrons. The van der Waals surface area contributed by atoms with Crippen molar-refractivity contribution in [2.75, 3.05) is 7.05 Å². The Balaban J connectivity index is 1.86. The van der Waals surface area contributed by atoms with Crippen LogP contribution < -0.4 is 5.32 Å². The lowest BCUT2D eigenvalue weighted by Crippen LogP contribution is -2.14. The van der Waals surface area contributed by atoms with Crippen LogP contribution in [-0.4, -0.2) is 32.2 Å². The van der Waals surface area contributed by atoms with Crippen molar-refractivity contribution in [2.24, 2.45) is 0 Å². The zero-order valence-electron chi connectivity index (χ0n) is 12.4. The van der Waals surface area contributed by atoms with E-state index in [1.165, 1.54) is 31.2 Å². The molecule has 1 fully saturated rings. The molecule has 1 saturated carbocycles. The Labute approximate surface area is 128 Å². The summed E-state index contributed by atoms with van der Waals surface area (Å²) in [4.78, 5) is 4.50. The monoisotopic (exact) mass is 304 g/mol. The molecule has 1 aliphatic carbocycles. The highest BCUT2D eigenvalue weighted by Gasteiger charge is 2.23. The maximum Gasteiger partial charge on any atom is 0.215 e. The topological polar surface area (TPSA) is 68.5 Å². The number of hydrogen-bond donors (Lipinski definition) is 1. The van der Waals surface area contributed by atoms with Crippen molar-refractivity contribution in [1.82, 2.24) is 30.5 Å². The van der Waals surface area contributed by atoms with Gasteiger partial charge in [-0.25, -0.2) is 9.67 Å². The molecule has 0 spiro atoms. The van der Waals surface area contributed by atoms with Crippen LogP contribution in [0.4, 0.5) is 0 Å². The molecule has 21 heavy (non-hydrogen) atoms. The van der Waals surface area contributed by atoms with Crippen molar-refractivity contribution in [1.29, 1.82) is 0 Å². The Hall–Kier alpha value is -1.47. The van der Waals surface area contributed by atoms with Crippen LogP contribution >= 0.6 is 11.8 Å². The molecule has 0 radical (unpaired) electrons. The summed E-state index contributed by atoms with van der Waals surface area (Å²) in [5, 5.41) is 17.3. The number of pyridine rings is 1. The van der Waals surface area contributed by atoms with E-state index in [0.29, 0.717) is 6.04 Å². The van der Waals surface area contributed by atoms with Gasteiger partial charge in [0.2, 0.25) is 5.16 Å². The number of hydrogen-bond acceptors (Lipinski definition) is 6. The van der Waals surface area contributed by atoms with Crippen molar-refractivity contribution >= 4 is 11.8 Å². The van der Waals surface area contributed by atoms with Crippen molar-refractivity contribution in [3.8, 4) is 0 Å². The first-order valence-corrected chi connectivity index (χ1v) is 8.19. The predicted octanol–water partition coefficient (Wildman–Crippen LogP) is 2.61. The summed E-state index contributed by atoms with van der Waals surface area (Å²) >= 11 is 1.55. The lowest BCUT2D eigenvalue weighted by molar-refractivity contribution is 0.423. The molecule has 1 aliphatic rings. The van der Waals surface area contributed by atoms with Gasteiger partial charge in [-0.05, 0) is 55.1 Å². The largest absolute Gasteiger partial charge is 0.313 e. The third-order valence-electron chi connectivity index (χ3n) is 4.02. The molecule has 2 heterocycles. The Morgan fingerprint density at radius 1 is 1.38 bits per heavy atom. The van der Waals surface area contributed by atoms with E-state index in [-0.39, 0.29) is 6.04 Å². The zero-order valence-corrected chi connectivity index (χ0v) is 13.2. The smallest absolute Gasteiger partial charge is 0.215 e. The lowest BCUT2D eigenvalue weighted by Gasteiger charge is -2.15. The summed E-state index contributed by atoms with van der Waals surface area (Å²) in [6.45, 7) is 2.13. The first kappa shape index (κ1) is 14.5. The SMILES string of the molecule is CNC(C)c1cccnc1Sc1nnnn1C1CCCC1. The van der Waals surface area contributed by atoms with E-state index < -0.39 is 0 Å². The zero-order chi connectivity index (χ0) is 14.7. The van der Waals surface area contributed by atoms with Gasteiger partial charge in [-0.2, -0.15) is 0 Å². The van der Waals surface area contributed by atoms with Crippen molar-refractivity contribution in [3.63, 3.8) is 0 Å². The van der Waals surface area contributed by atoms with Gasteiger partial charge in [0.25, 0.3) is 0 Å². The standard InChI is InChI=1S/C14H20N6S/c1-10(15-2)12-8-5-9-16-13(12)21-14-17-18-19-20(14)11-6-3-4-7-11/h5,8-11,15H,3-4,6-7H2,1-2H3. The number of rotatable bonds is 5. The van der Waals surface area contributed by atoms with E-state index in [9.17, 15) is 0 Å². The normalized spacial score (nSPS) is 17.2. The van der Waals surface area contributed by atoms with Crippen LogP contribution in [0.15, 0.2) is 28.5 Å². The van der Waals surface area contributed by atoms with Gasteiger partial charge in [0.15, 0.2) is 0 Å². The Bertz CT molecular complexity index is 593. The average molecular weight is 304 g/mol. The van der Waals surface area contributed by atoms with Gasteiger partial charge in [0.05, 0.1) is 6.04 Å². The maximum absolute atomic E-state index is 4.50. The summed E-state index contributed by atoms with van der Waals surface area (Å²) < 4.78 is 1.97. The number of aromatic nitrogens is 5. The molecule has 0 bridgehead atoms. The Kier molecular flexibility index (Phi) is 4.50. The quantitative estimate of drug-likeness (QED) is 0.916. The van der Waals surface area contributed by atoms with E-state index in [4.69, 9.17) is 0 Å². The molecule has 0 aliphatic heterocycles. The van der Waals surface area contributed by atoms with Crippen LogP contribution in [0, 0.1) is 0 Å². The minimum absolute atomic E-state index is 0.247. The van der Waals surface area contributed by atoms with Crippen LogP contribution in [0.2, 0.25) is 0 Å². The van der Waals surface area contributed by atoms with E-state index in [1.54, 1.807) is 11.8 Å². The molecular weight excluding hydrogens is 284 g/mol. The first-order chi connectivity index (χ1) is 10.3. The molecular formula is C14H20N6S. The molecule has 1 atom stereocenters. The second kappa shape index (κ2) is 6.53. The maximum atomic E-state index is 4.50. The van der Waals surface area contributed by atoms with Gasteiger partial charge in [-0.3, -0.25) is 0 Å². The van der Waals surface area contributed by atoms with Gasteiger partial charge < -0.3 is 5.32 Å². The van der Waals surface area contributed by atoms with Gasteiger partial charge >= 0.3 is 0 Å². The highest BCUT2D eigenvalue weighted by atomic mass is 32.2. The number of tetrazole rings is 1. The van der Waals surface area contributed by atoms with E-state index in [2.05, 4.69) is 38.8 Å². The molecule has 3 rings (SSSR count). The molecule has 0 aromatic carbocycles. The Morgan fingerprint density at radius 2 is 2.19 bits per heavy atom. The van der Waals surface area contributed by atoms with Crippen molar-refractivity contribution in [2.45, 2.75) is 54.9 Å². The number of nitrogens with zero attached hydrogens (tertiary/aromatic N) is 5. The molecule has 2 aromatic heterocycles. The lowest BCUT2D eigenvalue weighted by atomic mass is 10.1. The fourth-order valence-corrected chi connectivity index (χ4v) is 3.70. The molecule has 1 unspecified atom stereocenters. The minimum atomic E-state index is 0.247. The fraction of sp³-hybridized carbons (Fsp3) is 0.571. The van der Waals surface area contributed by atoms with E-state index in [0.717, 1.165) is 10.2 Å². The van der Waals surface area contributed by atoms with Crippen LogP contribution in [-0.2, 0) is 0 Å². The summed E-state index contributed by atoms with van der Waals surface area (Å²) in [7, 11) is 1.95. The van der Waals surface area contributed by atoms with Crippen LogP contribution in [0.1, 0.15) is 50.3 Å². The molecule has 7 heteroatoms. The first-order valence-electron chi connectivity index (χ1n) is 7.37. The van der Waals surface area contributed by atoms with Crippen LogP contribution in [0.25, 0.3) is 0 Å². The van der Waals surface area contributed by atoms with E-state index >= 15 is 0 Å². The van der Waals surface area contributed by atoms with E-state index in [1.807, 2.05) is 24.0 Å². The van der Waals surface area contributed by atoms with Gasteiger partial charge in [-0.1, -0.05) is 18.9 Å². The van der Waals surface area contributed by atoms with Gasteiger partial charge in [0.1, 0.15) is 5.03 Å². The third kappa shape index (κ3) is 3.08. The minimum Gasteiger partial charge on any atom is -0.313 e. The molecule has 6 nitrogen and oxygen atoms in total. The fourth-order valence-electron chi connectivity index (χ4n) is 2.69. The number of nitrogens with one attached hydrogen (secondary N) is 1. The highest BCUT2D eigenvalue weighted by molar-refractivity contribution is 7.99. The molecule has 0 amide bonds. The van der Waals surface area contributed by atoms with Crippen molar-refractivity contribution < 1.29 is 0 Å². The second-order valence-corrected chi connectivity index (χ2v) is 6.31. The average Bonchev–Trinajstić information content (AvgIpc) is 3.17. The summed E-state index contributed by atoms with van der Waals surface area (Å²) in [5.41, 5.74) is 1.17. The van der Waals surface area contributed by atoms with Gasteiger partial charge in [0, 0.05) is 17.8 Å².